The summed E-state index contributed by atoms with van der Waals surface area (Å²) in [7, 11) is -7.28. The van der Waals surface area contributed by atoms with Crippen molar-refractivity contribution in [2.45, 2.75) is 30.7 Å². The van der Waals surface area contributed by atoms with E-state index >= 15 is 0 Å². The number of piperidine rings is 1. The molecule has 1 fully saturated rings. The number of halogens is 1. The molecule has 0 aliphatic carbocycles. The summed E-state index contributed by atoms with van der Waals surface area (Å²) >= 11 is 0. The van der Waals surface area contributed by atoms with E-state index < -0.39 is 25.9 Å². The second-order valence-electron chi connectivity index (χ2n) is 7.51. The fourth-order valence-electron chi connectivity index (χ4n) is 3.28. The summed E-state index contributed by atoms with van der Waals surface area (Å²) in [6, 6.07) is 9.41. The number of carbonyl (C=O) groups is 1. The van der Waals surface area contributed by atoms with Crippen LogP contribution >= 0.6 is 0 Å². The maximum Gasteiger partial charge on any atom is 0.261 e. The lowest BCUT2D eigenvalue weighted by Gasteiger charge is -2.30. The highest BCUT2D eigenvalue weighted by Crippen LogP contribution is 2.20. The fourth-order valence-corrected chi connectivity index (χ4v) is 5.21. The molecule has 0 atom stereocenters. The number of nitrogens with one attached hydrogen (secondary N) is 2. The third kappa shape index (κ3) is 5.81. The molecule has 1 aliphatic rings. The van der Waals surface area contributed by atoms with Crippen LogP contribution in [-0.4, -0.2) is 52.4 Å². The molecule has 2 aromatic carbocycles. The second-order valence-corrected chi connectivity index (χ2v) is 11.2. The Morgan fingerprint density at radius 2 is 1.74 bits per heavy atom. The number of nitrogens with zero attached hydrogens (tertiary/aromatic N) is 1. The van der Waals surface area contributed by atoms with Gasteiger partial charge in [-0.25, -0.2) is 25.5 Å². The van der Waals surface area contributed by atoms with Gasteiger partial charge in [-0.3, -0.25) is 9.52 Å². The number of rotatable bonds is 6. The Bertz CT molecular complexity index is 1190. The van der Waals surface area contributed by atoms with E-state index in [2.05, 4.69) is 10.0 Å². The van der Waals surface area contributed by atoms with E-state index in [9.17, 15) is 26.0 Å². The zero-order valence-corrected chi connectivity index (χ0v) is 18.8. The molecular weight excluding hydrogens is 445 g/mol. The van der Waals surface area contributed by atoms with Crippen LogP contribution in [0.3, 0.4) is 0 Å². The summed E-state index contributed by atoms with van der Waals surface area (Å²) < 4.78 is 65.7. The van der Waals surface area contributed by atoms with Crippen LogP contribution in [0.2, 0.25) is 0 Å². The first-order valence-electron chi connectivity index (χ1n) is 9.61. The molecule has 1 aliphatic heterocycles. The molecule has 0 saturated carbocycles. The summed E-state index contributed by atoms with van der Waals surface area (Å²) in [5.41, 5.74) is 0.751. The van der Waals surface area contributed by atoms with Crippen molar-refractivity contribution in [3.63, 3.8) is 0 Å². The standard InChI is InChI=1S/C20H24FN3O5S2/c1-14-6-7-18(13-19(14)21)31(28,29)23-17-5-3-4-15(12-17)20(25)22-16-8-10-24(11-9-16)30(2,26)27/h3-7,12-13,16,23H,8-11H2,1-2H3,(H,22,25). The number of amides is 1. The van der Waals surface area contributed by atoms with Gasteiger partial charge >= 0.3 is 0 Å². The van der Waals surface area contributed by atoms with Crippen molar-refractivity contribution in [3.8, 4) is 0 Å². The first-order chi connectivity index (χ1) is 14.5. The predicted molar refractivity (Wildman–Crippen MR) is 115 cm³/mol. The van der Waals surface area contributed by atoms with Gasteiger partial charge in [-0.05, 0) is 55.7 Å². The lowest BCUT2D eigenvalue weighted by Crippen LogP contribution is -2.46. The Kier molecular flexibility index (Phi) is 6.68. The van der Waals surface area contributed by atoms with Crippen LogP contribution in [0.4, 0.5) is 10.1 Å². The van der Waals surface area contributed by atoms with Crippen molar-refractivity contribution in [3.05, 3.63) is 59.4 Å². The molecule has 2 N–H and O–H groups in total. The second kappa shape index (κ2) is 8.93. The van der Waals surface area contributed by atoms with E-state index in [1.807, 2.05) is 0 Å². The third-order valence-electron chi connectivity index (χ3n) is 5.09. The van der Waals surface area contributed by atoms with E-state index in [-0.39, 0.29) is 28.1 Å². The summed E-state index contributed by atoms with van der Waals surface area (Å²) in [6.45, 7) is 2.19. The molecule has 8 nitrogen and oxygen atoms in total. The van der Waals surface area contributed by atoms with Gasteiger partial charge in [0.2, 0.25) is 10.0 Å². The highest BCUT2D eigenvalue weighted by molar-refractivity contribution is 7.92. The quantitative estimate of drug-likeness (QED) is 0.673. The van der Waals surface area contributed by atoms with Crippen LogP contribution in [0, 0.1) is 12.7 Å². The number of sulfonamides is 2. The zero-order chi connectivity index (χ0) is 22.8. The van der Waals surface area contributed by atoms with Gasteiger partial charge in [0.15, 0.2) is 0 Å². The lowest BCUT2D eigenvalue weighted by atomic mass is 10.1. The molecule has 0 spiro atoms. The molecule has 1 saturated heterocycles. The Morgan fingerprint density at radius 1 is 1.06 bits per heavy atom. The van der Waals surface area contributed by atoms with Crippen molar-refractivity contribution in [1.82, 2.24) is 9.62 Å². The monoisotopic (exact) mass is 469 g/mol. The maximum absolute atomic E-state index is 13.7. The van der Waals surface area contributed by atoms with Crippen molar-refractivity contribution in [2.24, 2.45) is 0 Å². The Morgan fingerprint density at radius 3 is 2.35 bits per heavy atom. The summed E-state index contributed by atoms with van der Waals surface area (Å²) in [4.78, 5) is 12.4. The molecule has 1 amide bonds. The molecule has 168 valence electrons. The average Bonchev–Trinajstić information content (AvgIpc) is 2.69. The van der Waals surface area contributed by atoms with Crippen LogP contribution in [0.15, 0.2) is 47.4 Å². The lowest BCUT2D eigenvalue weighted by molar-refractivity contribution is 0.0924. The molecule has 0 unspecified atom stereocenters. The number of anilines is 1. The molecule has 31 heavy (non-hydrogen) atoms. The van der Waals surface area contributed by atoms with Gasteiger partial charge in [-0.1, -0.05) is 12.1 Å². The number of benzene rings is 2. The van der Waals surface area contributed by atoms with Crippen LogP contribution in [0.5, 0.6) is 0 Å². The van der Waals surface area contributed by atoms with E-state index in [1.165, 1.54) is 41.6 Å². The smallest absolute Gasteiger partial charge is 0.261 e. The van der Waals surface area contributed by atoms with Crippen LogP contribution < -0.4 is 10.0 Å². The molecule has 0 aromatic heterocycles. The Balaban J connectivity index is 1.67. The van der Waals surface area contributed by atoms with Crippen LogP contribution in [-0.2, 0) is 20.0 Å². The molecule has 1 heterocycles. The Hall–Kier alpha value is -2.50. The number of hydrogen-bond donors (Lipinski definition) is 2. The largest absolute Gasteiger partial charge is 0.349 e. The third-order valence-corrected chi connectivity index (χ3v) is 7.77. The topological polar surface area (TPSA) is 113 Å². The summed E-state index contributed by atoms with van der Waals surface area (Å²) in [6.07, 6.45) is 2.14. The van der Waals surface area contributed by atoms with Crippen molar-refractivity contribution in [1.29, 1.82) is 0 Å². The average molecular weight is 470 g/mol. The molecule has 0 bridgehead atoms. The van der Waals surface area contributed by atoms with Crippen LogP contribution in [0.1, 0.15) is 28.8 Å². The van der Waals surface area contributed by atoms with E-state index in [1.54, 1.807) is 6.07 Å². The predicted octanol–water partition coefficient (Wildman–Crippen LogP) is 2.09. The number of aryl methyl sites for hydroxylation is 1. The van der Waals surface area contributed by atoms with Gasteiger partial charge in [-0.15, -0.1) is 0 Å². The van der Waals surface area contributed by atoms with Crippen molar-refractivity contribution >= 4 is 31.6 Å². The first-order valence-corrected chi connectivity index (χ1v) is 12.9. The molecule has 0 radical (unpaired) electrons. The normalized spacial score (nSPS) is 16.1. The minimum atomic E-state index is -4.03. The van der Waals surface area contributed by atoms with Crippen molar-refractivity contribution < 1.29 is 26.0 Å². The maximum atomic E-state index is 13.7. The molecule has 11 heteroatoms. The van der Waals surface area contributed by atoms with E-state index in [0.717, 1.165) is 12.3 Å². The number of hydrogen-bond acceptors (Lipinski definition) is 5. The van der Waals surface area contributed by atoms with E-state index in [0.29, 0.717) is 31.5 Å². The van der Waals surface area contributed by atoms with Gasteiger partial charge < -0.3 is 5.32 Å². The van der Waals surface area contributed by atoms with Gasteiger partial charge in [0.25, 0.3) is 15.9 Å². The van der Waals surface area contributed by atoms with E-state index in [4.69, 9.17) is 0 Å². The highest BCUT2D eigenvalue weighted by Gasteiger charge is 2.26. The fraction of sp³-hybridized carbons (Fsp3) is 0.350. The number of carbonyl (C=O) groups excluding carboxylic acids is 1. The molecule has 3 rings (SSSR count). The van der Waals surface area contributed by atoms with Crippen molar-refractivity contribution in [2.75, 3.05) is 24.1 Å². The van der Waals surface area contributed by atoms with Crippen LogP contribution in [0.25, 0.3) is 0 Å². The minimum Gasteiger partial charge on any atom is -0.349 e. The highest BCUT2D eigenvalue weighted by atomic mass is 32.2. The summed E-state index contributed by atoms with van der Waals surface area (Å²) in [5, 5.41) is 2.86. The summed E-state index contributed by atoms with van der Waals surface area (Å²) in [5.74, 6) is -1.02. The van der Waals surface area contributed by atoms with Gasteiger partial charge in [0.05, 0.1) is 11.2 Å². The van der Waals surface area contributed by atoms with Gasteiger partial charge in [0.1, 0.15) is 5.82 Å². The zero-order valence-electron chi connectivity index (χ0n) is 17.1. The minimum absolute atomic E-state index is 0.167. The van der Waals surface area contributed by atoms with Gasteiger partial charge in [-0.2, -0.15) is 0 Å². The molecular formula is C20H24FN3O5S2. The van der Waals surface area contributed by atoms with Gasteiger partial charge in [0, 0.05) is 30.4 Å². The Labute approximate surface area is 181 Å². The molecule has 2 aromatic rings. The SMILES string of the molecule is Cc1ccc(S(=O)(=O)Nc2cccc(C(=O)NC3CCN(S(C)(=O)=O)CC3)c2)cc1F. The first kappa shape index (κ1) is 23.2.